The van der Waals surface area contributed by atoms with E-state index in [4.69, 9.17) is 0 Å². The SMILES string of the molecule is CC(C1CC1)C(O)(Cn1ncnc1SS[N+]1(CC(O)(c2ccc(F)cc2)C(C)C2CC2)C=NC=N1)c1ccc(F)cc1. The molecular formula is C30H35F2N6O2S2+. The zero-order chi connectivity index (χ0) is 29.5. The largest absolute Gasteiger partial charge is 0.383 e. The second kappa shape index (κ2) is 11.5. The van der Waals surface area contributed by atoms with Gasteiger partial charge in [-0.25, -0.2) is 18.4 Å². The van der Waals surface area contributed by atoms with Gasteiger partial charge in [0.2, 0.25) is 11.5 Å². The molecule has 5 unspecified atom stereocenters. The van der Waals surface area contributed by atoms with Gasteiger partial charge in [0.25, 0.3) is 0 Å². The third-order valence-electron chi connectivity index (χ3n) is 9.09. The predicted molar refractivity (Wildman–Crippen MR) is 160 cm³/mol. The zero-order valence-electron chi connectivity index (χ0n) is 23.6. The molecule has 1 aliphatic heterocycles. The van der Waals surface area contributed by atoms with Crippen LogP contribution in [0.4, 0.5) is 8.78 Å². The van der Waals surface area contributed by atoms with Gasteiger partial charge < -0.3 is 10.2 Å². The standard InChI is InChI=1S/C30H35F2N6O2S2/c1-20(22-3-4-22)29(39,24-7-11-26(31)12-8-24)15-37-28(34-18-35-37)41-42-38(19-33-17-36-38)16-30(40,21(2)23-5-6-23)25-9-13-27(32)14-10-25/h7-14,17-23,39-40H,3-6,15-16H2,1-2H3/q+1. The average molecular weight is 614 g/mol. The summed E-state index contributed by atoms with van der Waals surface area (Å²) in [4.78, 5) is 8.73. The Bertz CT molecular complexity index is 1450. The number of aliphatic hydroxyl groups is 2. The molecular weight excluding hydrogens is 579 g/mol. The third-order valence-corrected chi connectivity index (χ3v) is 11.7. The fraction of sp³-hybridized carbons (Fsp3) is 0.467. The lowest BCUT2D eigenvalue weighted by atomic mass is 9.79. The quantitative estimate of drug-likeness (QED) is 0.142. The van der Waals surface area contributed by atoms with Crippen LogP contribution >= 0.6 is 21.8 Å². The lowest BCUT2D eigenvalue weighted by Gasteiger charge is -2.37. The first-order valence-corrected chi connectivity index (χ1v) is 16.4. The number of hydrogen-bond donors (Lipinski definition) is 2. The number of rotatable bonds is 13. The van der Waals surface area contributed by atoms with Crippen molar-refractivity contribution in [1.82, 2.24) is 14.8 Å². The first kappa shape index (κ1) is 29.4. The Balaban J connectivity index is 1.25. The second-order valence-corrected chi connectivity index (χ2v) is 14.1. The minimum Gasteiger partial charge on any atom is -0.383 e. The summed E-state index contributed by atoms with van der Waals surface area (Å²) in [6.45, 7) is 4.40. The van der Waals surface area contributed by atoms with E-state index in [2.05, 4.69) is 20.2 Å². The molecule has 0 bridgehead atoms. The molecule has 1 aromatic heterocycles. The molecule has 2 aromatic carbocycles. The maximum absolute atomic E-state index is 13.8. The van der Waals surface area contributed by atoms with Crippen LogP contribution in [0.15, 0.2) is 70.1 Å². The molecule has 0 saturated heterocycles. The Hall–Kier alpha value is -2.64. The van der Waals surface area contributed by atoms with Crippen LogP contribution in [-0.2, 0) is 17.7 Å². The molecule has 3 aliphatic rings. The highest BCUT2D eigenvalue weighted by Crippen LogP contribution is 2.50. The molecule has 0 spiro atoms. The number of aliphatic imine (C=N–C) groups is 1. The number of quaternary nitrogens is 1. The highest BCUT2D eigenvalue weighted by molar-refractivity contribution is 8.74. The Morgan fingerprint density at radius 2 is 1.45 bits per heavy atom. The maximum atomic E-state index is 13.8. The normalized spacial score (nSPS) is 24.3. The minimum atomic E-state index is -1.29. The van der Waals surface area contributed by atoms with Crippen molar-refractivity contribution in [3.8, 4) is 0 Å². The van der Waals surface area contributed by atoms with Gasteiger partial charge in [-0.05, 0) is 84.7 Å². The Morgan fingerprint density at radius 3 is 1.98 bits per heavy atom. The molecule has 42 heavy (non-hydrogen) atoms. The summed E-state index contributed by atoms with van der Waals surface area (Å²) in [5, 5.41) is 33.9. The fourth-order valence-electron chi connectivity index (χ4n) is 5.97. The topological polar surface area (TPSA) is 95.9 Å². The van der Waals surface area contributed by atoms with E-state index in [1.165, 1.54) is 58.7 Å². The zero-order valence-corrected chi connectivity index (χ0v) is 25.2. The van der Waals surface area contributed by atoms with E-state index in [0.29, 0.717) is 28.1 Å². The summed E-state index contributed by atoms with van der Waals surface area (Å²) in [6.07, 6.45) is 8.78. The van der Waals surface area contributed by atoms with E-state index in [9.17, 15) is 19.0 Å². The molecule has 5 atom stereocenters. The van der Waals surface area contributed by atoms with Crippen LogP contribution in [0.1, 0.15) is 50.7 Å². The van der Waals surface area contributed by atoms with Crippen LogP contribution in [0.2, 0.25) is 0 Å². The van der Waals surface area contributed by atoms with Crippen LogP contribution < -0.4 is 0 Å². The van der Waals surface area contributed by atoms with Gasteiger partial charge in [0, 0.05) is 10.8 Å². The summed E-state index contributed by atoms with van der Waals surface area (Å²) >= 11 is 0. The number of benzene rings is 2. The molecule has 12 heteroatoms. The summed E-state index contributed by atoms with van der Waals surface area (Å²) in [5.41, 5.74) is -1.28. The molecule has 222 valence electrons. The van der Waals surface area contributed by atoms with Crippen LogP contribution in [0.25, 0.3) is 0 Å². The third kappa shape index (κ3) is 5.92. The summed E-state index contributed by atoms with van der Waals surface area (Å²) in [7, 11) is 2.68. The average Bonchev–Trinajstić information content (AvgIpc) is 3.92. The summed E-state index contributed by atoms with van der Waals surface area (Å²) in [5.74, 6) is -0.0951. The van der Waals surface area contributed by atoms with Gasteiger partial charge in [-0.1, -0.05) is 47.2 Å². The molecule has 2 N–H and O–H groups in total. The van der Waals surface area contributed by atoms with Gasteiger partial charge in [-0.3, -0.25) is 0 Å². The van der Waals surface area contributed by atoms with E-state index in [-0.39, 0.29) is 40.6 Å². The second-order valence-electron chi connectivity index (χ2n) is 11.9. The van der Waals surface area contributed by atoms with Crippen molar-refractivity contribution in [1.29, 1.82) is 0 Å². The van der Waals surface area contributed by atoms with E-state index in [1.807, 2.05) is 13.8 Å². The monoisotopic (exact) mass is 613 g/mol. The van der Waals surface area contributed by atoms with Crippen molar-refractivity contribution >= 4 is 34.5 Å². The lowest BCUT2D eigenvalue weighted by molar-refractivity contribution is -0.706. The van der Waals surface area contributed by atoms with Crippen molar-refractivity contribution in [3.05, 3.63) is 77.6 Å². The molecule has 2 saturated carbocycles. The number of hydrogen-bond acceptors (Lipinski definition) is 8. The fourth-order valence-corrected chi connectivity index (χ4v) is 8.24. The van der Waals surface area contributed by atoms with Crippen molar-refractivity contribution in [2.75, 3.05) is 6.54 Å². The van der Waals surface area contributed by atoms with Crippen LogP contribution in [0.3, 0.4) is 0 Å². The Morgan fingerprint density at radius 1 is 0.905 bits per heavy atom. The van der Waals surface area contributed by atoms with Crippen LogP contribution in [0.5, 0.6) is 0 Å². The van der Waals surface area contributed by atoms with Crippen LogP contribution in [-0.4, -0.2) is 48.2 Å². The van der Waals surface area contributed by atoms with Gasteiger partial charge >= 0.3 is 0 Å². The lowest BCUT2D eigenvalue weighted by Crippen LogP contribution is -2.49. The van der Waals surface area contributed by atoms with Gasteiger partial charge in [-0.2, -0.15) is 10.1 Å². The van der Waals surface area contributed by atoms with Gasteiger partial charge in [0.05, 0.1) is 6.54 Å². The van der Waals surface area contributed by atoms with Crippen molar-refractivity contribution in [2.24, 2.45) is 33.8 Å². The van der Waals surface area contributed by atoms with Crippen molar-refractivity contribution in [2.45, 2.75) is 62.4 Å². The highest BCUT2D eigenvalue weighted by Gasteiger charge is 2.52. The molecule has 2 aliphatic carbocycles. The van der Waals surface area contributed by atoms with Crippen LogP contribution in [0, 0.1) is 35.3 Å². The number of nitrogens with zero attached hydrogens (tertiary/aromatic N) is 6. The molecule has 0 amide bonds. The highest BCUT2D eigenvalue weighted by atomic mass is 33.1. The van der Waals surface area contributed by atoms with Gasteiger partial charge in [0.15, 0.2) is 23.9 Å². The van der Waals surface area contributed by atoms with Gasteiger partial charge in [0.1, 0.15) is 29.2 Å². The summed E-state index contributed by atoms with van der Waals surface area (Å²) in [6, 6.07) is 12.1. The molecule has 2 fully saturated rings. The molecule has 6 rings (SSSR count). The Labute approximate surface area is 252 Å². The predicted octanol–water partition coefficient (Wildman–Crippen LogP) is 5.88. The molecule has 8 nitrogen and oxygen atoms in total. The first-order chi connectivity index (χ1) is 20.1. The maximum Gasteiger partial charge on any atom is 0.231 e. The Kier molecular flexibility index (Phi) is 8.03. The van der Waals surface area contributed by atoms with E-state index < -0.39 is 11.2 Å². The van der Waals surface area contributed by atoms with E-state index >= 15 is 0 Å². The molecule has 2 heterocycles. The number of halogens is 2. The minimum absolute atomic E-state index is 0.0663. The van der Waals surface area contributed by atoms with Crippen molar-refractivity contribution in [3.63, 3.8) is 0 Å². The smallest absolute Gasteiger partial charge is 0.231 e. The summed E-state index contributed by atoms with van der Waals surface area (Å²) < 4.78 is 29.1. The van der Waals surface area contributed by atoms with E-state index in [1.54, 1.807) is 35.3 Å². The van der Waals surface area contributed by atoms with E-state index in [0.717, 1.165) is 25.7 Å². The molecule has 3 aromatic rings. The molecule has 0 radical (unpaired) electrons. The first-order valence-electron chi connectivity index (χ1n) is 14.3. The number of aromatic nitrogens is 3. The van der Waals surface area contributed by atoms with Gasteiger partial charge in [-0.15, -0.1) is 0 Å². The van der Waals surface area contributed by atoms with Crippen molar-refractivity contribution < 1.29 is 23.0 Å².